The van der Waals surface area contributed by atoms with Gasteiger partial charge in [-0.25, -0.2) is 4.79 Å². The van der Waals surface area contributed by atoms with Gasteiger partial charge in [0.15, 0.2) is 0 Å². The molecule has 22 heavy (non-hydrogen) atoms. The topological polar surface area (TPSA) is 46.6 Å². The molecule has 1 amide bonds. The first-order chi connectivity index (χ1) is 10.7. The maximum atomic E-state index is 12.1. The van der Waals surface area contributed by atoms with Gasteiger partial charge in [0.25, 0.3) is 0 Å². The van der Waals surface area contributed by atoms with Crippen LogP contribution in [0.15, 0.2) is 30.3 Å². The average molecular weight is 301 g/mol. The summed E-state index contributed by atoms with van der Waals surface area (Å²) in [4.78, 5) is 24.9. The minimum Gasteiger partial charge on any atom is -0.445 e. The van der Waals surface area contributed by atoms with E-state index < -0.39 is 0 Å². The summed E-state index contributed by atoms with van der Waals surface area (Å²) in [6.45, 7) is 1.89. The van der Waals surface area contributed by atoms with E-state index in [4.69, 9.17) is 4.74 Å². The Balaban J connectivity index is 1.37. The van der Waals surface area contributed by atoms with E-state index in [1.54, 1.807) is 0 Å². The van der Waals surface area contributed by atoms with Crippen LogP contribution in [0.4, 0.5) is 4.79 Å². The molecule has 4 heteroatoms. The van der Waals surface area contributed by atoms with E-state index in [9.17, 15) is 9.59 Å². The van der Waals surface area contributed by atoms with Crippen molar-refractivity contribution in [2.24, 2.45) is 11.8 Å². The van der Waals surface area contributed by atoms with Gasteiger partial charge in [0.05, 0.1) is 0 Å². The molecule has 1 saturated carbocycles. The third-order valence-corrected chi connectivity index (χ3v) is 4.78. The molecule has 2 aliphatic rings. The molecule has 2 fully saturated rings. The number of carbonyl (C=O) groups excluding carboxylic acids is 2. The zero-order valence-corrected chi connectivity index (χ0v) is 12.9. The lowest BCUT2D eigenvalue weighted by molar-refractivity contribution is -0.127. The Hall–Kier alpha value is -1.84. The molecule has 3 rings (SSSR count). The molecule has 0 unspecified atom stereocenters. The van der Waals surface area contributed by atoms with Gasteiger partial charge in [0.2, 0.25) is 0 Å². The Morgan fingerprint density at radius 2 is 1.77 bits per heavy atom. The number of hydrogen-bond donors (Lipinski definition) is 0. The third-order valence-electron chi connectivity index (χ3n) is 4.78. The third kappa shape index (κ3) is 3.87. The van der Waals surface area contributed by atoms with E-state index in [2.05, 4.69) is 0 Å². The fraction of sp³-hybridized carbons (Fsp3) is 0.556. The maximum Gasteiger partial charge on any atom is 0.410 e. The number of ketones is 1. The molecule has 1 heterocycles. The zero-order chi connectivity index (χ0) is 15.4. The van der Waals surface area contributed by atoms with Gasteiger partial charge in [-0.3, -0.25) is 4.79 Å². The molecule has 118 valence electrons. The highest BCUT2D eigenvalue weighted by Gasteiger charge is 2.31. The molecule has 0 radical (unpaired) electrons. The first-order valence-corrected chi connectivity index (χ1v) is 8.18. The van der Waals surface area contributed by atoms with Crippen LogP contribution in [-0.2, 0) is 16.1 Å². The highest BCUT2D eigenvalue weighted by molar-refractivity contribution is 5.84. The molecule has 0 atom stereocenters. The normalized spacial score (nSPS) is 19.8. The van der Waals surface area contributed by atoms with Crippen molar-refractivity contribution < 1.29 is 14.3 Å². The van der Waals surface area contributed by atoms with Gasteiger partial charge in [-0.05, 0) is 36.7 Å². The van der Waals surface area contributed by atoms with E-state index in [0.717, 1.165) is 50.8 Å². The Bertz CT molecular complexity index is 512. The molecule has 0 N–H and O–H groups in total. The van der Waals surface area contributed by atoms with Crippen molar-refractivity contribution >= 4 is 11.9 Å². The van der Waals surface area contributed by atoms with Crippen LogP contribution in [0.5, 0.6) is 0 Å². The number of rotatable bonds is 4. The second-order valence-corrected chi connectivity index (χ2v) is 6.52. The number of amides is 1. The monoisotopic (exact) mass is 301 g/mol. The Kier molecular flexibility index (Phi) is 4.76. The van der Waals surface area contributed by atoms with Crippen molar-refractivity contribution in [2.45, 2.75) is 38.7 Å². The summed E-state index contributed by atoms with van der Waals surface area (Å²) in [6, 6.07) is 9.75. The molecule has 0 bridgehead atoms. The molecule has 1 aliphatic carbocycles. The fourth-order valence-electron chi connectivity index (χ4n) is 3.38. The van der Waals surface area contributed by atoms with Crippen LogP contribution in [0.3, 0.4) is 0 Å². The van der Waals surface area contributed by atoms with Gasteiger partial charge in [-0.15, -0.1) is 0 Å². The van der Waals surface area contributed by atoms with E-state index in [1.165, 1.54) is 0 Å². The lowest BCUT2D eigenvalue weighted by atomic mass is 9.76. The van der Waals surface area contributed by atoms with Crippen LogP contribution in [0, 0.1) is 11.8 Å². The maximum absolute atomic E-state index is 12.1. The van der Waals surface area contributed by atoms with Crippen LogP contribution >= 0.6 is 0 Å². The standard InChI is InChI=1S/C18H23NO3/c20-17-11-16(12-17)10-14-6-8-19(9-7-14)18(21)22-13-15-4-2-1-3-5-15/h1-5,14,16H,6-13H2. The van der Waals surface area contributed by atoms with Gasteiger partial charge in [-0.1, -0.05) is 30.3 Å². The summed E-state index contributed by atoms with van der Waals surface area (Å²) < 4.78 is 5.37. The summed E-state index contributed by atoms with van der Waals surface area (Å²) in [7, 11) is 0. The predicted octanol–water partition coefficient (Wildman–Crippen LogP) is 3.40. The quantitative estimate of drug-likeness (QED) is 0.856. The second kappa shape index (κ2) is 6.95. The first-order valence-electron chi connectivity index (χ1n) is 8.18. The van der Waals surface area contributed by atoms with E-state index >= 15 is 0 Å². The highest BCUT2D eigenvalue weighted by Crippen LogP contribution is 2.33. The van der Waals surface area contributed by atoms with Crippen molar-refractivity contribution in [1.82, 2.24) is 4.90 Å². The average Bonchev–Trinajstić information content (AvgIpc) is 2.53. The van der Waals surface area contributed by atoms with Gasteiger partial charge < -0.3 is 9.64 Å². The lowest BCUT2D eigenvalue weighted by Gasteiger charge is -2.34. The van der Waals surface area contributed by atoms with Crippen LogP contribution < -0.4 is 0 Å². The molecule has 1 saturated heterocycles. The molecule has 0 spiro atoms. The Morgan fingerprint density at radius 1 is 1.09 bits per heavy atom. The predicted molar refractivity (Wildman–Crippen MR) is 83.3 cm³/mol. The number of benzene rings is 1. The van der Waals surface area contributed by atoms with Crippen molar-refractivity contribution in [2.75, 3.05) is 13.1 Å². The number of carbonyl (C=O) groups is 2. The molecule has 1 aromatic carbocycles. The van der Waals surface area contributed by atoms with Crippen molar-refractivity contribution in [1.29, 1.82) is 0 Å². The minimum atomic E-state index is -0.207. The summed E-state index contributed by atoms with van der Waals surface area (Å²) in [5.74, 6) is 1.68. The van der Waals surface area contributed by atoms with Crippen molar-refractivity contribution in [3.63, 3.8) is 0 Å². The fourth-order valence-corrected chi connectivity index (χ4v) is 3.38. The molecule has 1 aromatic rings. The minimum absolute atomic E-state index is 0.207. The number of Topliss-reactive ketones (excluding diaryl/α,β-unsaturated/α-hetero) is 1. The summed E-state index contributed by atoms with van der Waals surface area (Å²) in [5.41, 5.74) is 1.01. The van der Waals surface area contributed by atoms with Crippen molar-refractivity contribution in [3.05, 3.63) is 35.9 Å². The van der Waals surface area contributed by atoms with Gasteiger partial charge in [0, 0.05) is 25.9 Å². The van der Waals surface area contributed by atoms with Crippen LogP contribution in [0.1, 0.15) is 37.7 Å². The molecule has 4 nitrogen and oxygen atoms in total. The molecular formula is C18H23NO3. The largest absolute Gasteiger partial charge is 0.445 e. The highest BCUT2D eigenvalue weighted by atomic mass is 16.6. The van der Waals surface area contributed by atoms with Crippen LogP contribution in [0.2, 0.25) is 0 Å². The van der Waals surface area contributed by atoms with Crippen LogP contribution in [-0.4, -0.2) is 29.9 Å². The van der Waals surface area contributed by atoms with Crippen molar-refractivity contribution in [3.8, 4) is 0 Å². The SMILES string of the molecule is O=C1CC(CC2CCN(C(=O)OCc3ccccc3)CC2)C1. The zero-order valence-electron chi connectivity index (χ0n) is 12.9. The Morgan fingerprint density at radius 3 is 2.41 bits per heavy atom. The number of likely N-dealkylation sites (tertiary alicyclic amines) is 1. The number of hydrogen-bond acceptors (Lipinski definition) is 3. The van der Waals surface area contributed by atoms with Crippen LogP contribution in [0.25, 0.3) is 0 Å². The van der Waals surface area contributed by atoms with Gasteiger partial charge in [-0.2, -0.15) is 0 Å². The second-order valence-electron chi connectivity index (χ2n) is 6.52. The lowest BCUT2D eigenvalue weighted by Crippen LogP contribution is -2.39. The summed E-state index contributed by atoms with van der Waals surface area (Å²) in [5, 5.41) is 0. The first kappa shape index (κ1) is 15.1. The molecule has 0 aromatic heterocycles. The summed E-state index contributed by atoms with van der Waals surface area (Å²) >= 11 is 0. The van der Waals surface area contributed by atoms with E-state index in [0.29, 0.717) is 24.2 Å². The summed E-state index contributed by atoms with van der Waals surface area (Å²) in [6.07, 6.45) is 4.56. The number of ether oxygens (including phenoxy) is 1. The smallest absolute Gasteiger partial charge is 0.410 e. The van der Waals surface area contributed by atoms with E-state index in [1.807, 2.05) is 35.2 Å². The Labute approximate surface area is 131 Å². The molecular weight excluding hydrogens is 278 g/mol. The molecule has 1 aliphatic heterocycles. The number of piperidine rings is 1. The number of nitrogens with zero attached hydrogens (tertiary/aromatic N) is 1. The van der Waals surface area contributed by atoms with Gasteiger partial charge >= 0.3 is 6.09 Å². The van der Waals surface area contributed by atoms with E-state index in [-0.39, 0.29) is 6.09 Å². The van der Waals surface area contributed by atoms with Gasteiger partial charge in [0.1, 0.15) is 12.4 Å².